The normalized spacial score (nSPS) is 19.3. The van der Waals surface area contributed by atoms with Gasteiger partial charge in [-0.3, -0.25) is 4.79 Å². The number of morpholine rings is 1. The first-order chi connectivity index (χ1) is 9.17. The van der Waals surface area contributed by atoms with Gasteiger partial charge >= 0.3 is 0 Å². The zero-order valence-corrected chi connectivity index (χ0v) is 12.2. The van der Waals surface area contributed by atoms with Crippen LogP contribution in [0.15, 0.2) is 18.2 Å². The van der Waals surface area contributed by atoms with Crippen molar-refractivity contribution in [2.24, 2.45) is 0 Å². The lowest BCUT2D eigenvalue weighted by Gasteiger charge is -2.34. The summed E-state index contributed by atoms with van der Waals surface area (Å²) in [5, 5.41) is 10.6. The van der Waals surface area contributed by atoms with E-state index in [4.69, 9.17) is 9.47 Å². The lowest BCUT2D eigenvalue weighted by Crippen LogP contribution is -2.49. The van der Waals surface area contributed by atoms with Crippen molar-refractivity contribution in [2.75, 3.05) is 32.2 Å². The van der Waals surface area contributed by atoms with Gasteiger partial charge in [-0.2, -0.15) is 0 Å². The van der Waals surface area contributed by atoms with Crippen LogP contribution in [0.25, 0.3) is 0 Å². The molecule has 1 unspecified atom stereocenters. The molecule has 0 spiro atoms. The minimum Gasteiger partial charge on any atom is -0.507 e. The quantitative estimate of drug-likeness (QED) is 0.856. The SMILES string of the molecule is COc1ccc(C(=O)N2CCOCC2CBr)c(O)c1. The highest BCUT2D eigenvalue weighted by Crippen LogP contribution is 2.26. The van der Waals surface area contributed by atoms with E-state index < -0.39 is 0 Å². The Hall–Kier alpha value is -1.27. The number of hydrogen-bond acceptors (Lipinski definition) is 4. The van der Waals surface area contributed by atoms with E-state index in [1.54, 1.807) is 17.0 Å². The molecule has 1 N–H and O–H groups in total. The molecule has 1 atom stereocenters. The van der Waals surface area contributed by atoms with Crippen molar-refractivity contribution in [1.29, 1.82) is 0 Å². The molecule has 0 radical (unpaired) electrons. The minimum absolute atomic E-state index is 0.0113. The summed E-state index contributed by atoms with van der Waals surface area (Å²) in [5.74, 6) is 0.269. The highest BCUT2D eigenvalue weighted by Gasteiger charge is 2.28. The fourth-order valence-electron chi connectivity index (χ4n) is 2.02. The molecule has 0 aromatic heterocycles. The molecule has 1 saturated heterocycles. The number of ether oxygens (including phenoxy) is 2. The number of methoxy groups -OCH3 is 1. The van der Waals surface area contributed by atoms with Crippen LogP contribution >= 0.6 is 15.9 Å². The average Bonchev–Trinajstić information content (AvgIpc) is 2.46. The van der Waals surface area contributed by atoms with E-state index in [0.29, 0.717) is 30.8 Å². The molecule has 104 valence electrons. The predicted molar refractivity (Wildman–Crippen MR) is 74.1 cm³/mol. The Balaban J connectivity index is 2.23. The number of phenolic OH excluding ortho intramolecular Hbond substituents is 1. The standard InChI is InChI=1S/C13H16BrNO4/c1-18-10-2-3-11(12(16)6-10)13(17)15-4-5-19-8-9(15)7-14/h2-3,6,9,16H,4-5,7-8H2,1H3. The molecule has 0 saturated carbocycles. The monoisotopic (exact) mass is 329 g/mol. The van der Waals surface area contributed by atoms with Crippen molar-refractivity contribution < 1.29 is 19.4 Å². The number of aromatic hydroxyl groups is 1. The molecule has 1 amide bonds. The second-order valence-electron chi connectivity index (χ2n) is 4.26. The van der Waals surface area contributed by atoms with Gasteiger partial charge in [0.15, 0.2) is 0 Å². The van der Waals surface area contributed by atoms with Gasteiger partial charge in [0, 0.05) is 17.9 Å². The third-order valence-corrected chi connectivity index (χ3v) is 3.85. The molecule has 1 fully saturated rings. The summed E-state index contributed by atoms with van der Waals surface area (Å²) in [4.78, 5) is 14.2. The fraction of sp³-hybridized carbons (Fsp3) is 0.462. The Morgan fingerprint density at radius 3 is 3.05 bits per heavy atom. The molecule has 1 aliphatic heterocycles. The largest absolute Gasteiger partial charge is 0.507 e. The highest BCUT2D eigenvalue weighted by atomic mass is 79.9. The maximum atomic E-state index is 12.4. The number of phenols is 1. The number of nitrogens with zero attached hydrogens (tertiary/aromatic N) is 1. The summed E-state index contributed by atoms with van der Waals surface area (Å²) >= 11 is 3.38. The van der Waals surface area contributed by atoms with Gasteiger partial charge in [0.1, 0.15) is 11.5 Å². The van der Waals surface area contributed by atoms with Gasteiger partial charge < -0.3 is 19.5 Å². The Morgan fingerprint density at radius 2 is 2.42 bits per heavy atom. The third kappa shape index (κ3) is 3.01. The number of amides is 1. The summed E-state index contributed by atoms with van der Waals surface area (Å²) in [5.41, 5.74) is 0.286. The Kier molecular flexibility index (Phi) is 4.66. The zero-order valence-electron chi connectivity index (χ0n) is 10.6. The molecule has 1 aromatic carbocycles. The van der Waals surface area contributed by atoms with E-state index in [0.717, 1.165) is 0 Å². The number of rotatable bonds is 3. The van der Waals surface area contributed by atoms with Crippen molar-refractivity contribution in [3.05, 3.63) is 23.8 Å². The average molecular weight is 330 g/mol. The van der Waals surface area contributed by atoms with Crippen molar-refractivity contribution in [3.63, 3.8) is 0 Å². The molecule has 0 bridgehead atoms. The van der Waals surface area contributed by atoms with Crippen LogP contribution in [0, 0.1) is 0 Å². The Labute approximate surface area is 120 Å². The molecule has 19 heavy (non-hydrogen) atoms. The lowest BCUT2D eigenvalue weighted by atomic mass is 10.1. The summed E-state index contributed by atoms with van der Waals surface area (Å²) in [7, 11) is 1.51. The van der Waals surface area contributed by atoms with E-state index in [-0.39, 0.29) is 23.3 Å². The Bertz CT molecular complexity index is 466. The molecule has 1 aliphatic rings. The summed E-state index contributed by atoms with van der Waals surface area (Å²) in [6.45, 7) is 1.56. The van der Waals surface area contributed by atoms with Gasteiger partial charge in [0.25, 0.3) is 5.91 Å². The predicted octanol–water partition coefficient (Wildman–Crippen LogP) is 1.64. The van der Waals surface area contributed by atoms with Gasteiger partial charge in [-0.15, -0.1) is 0 Å². The molecular formula is C13H16BrNO4. The third-order valence-electron chi connectivity index (χ3n) is 3.10. The van der Waals surface area contributed by atoms with Crippen LogP contribution in [0.1, 0.15) is 10.4 Å². The van der Waals surface area contributed by atoms with Gasteiger partial charge in [0.05, 0.1) is 31.9 Å². The number of alkyl halides is 1. The van der Waals surface area contributed by atoms with Gasteiger partial charge in [-0.25, -0.2) is 0 Å². The van der Waals surface area contributed by atoms with Gasteiger partial charge in [0.2, 0.25) is 0 Å². The summed E-state index contributed by atoms with van der Waals surface area (Å²) in [6, 6.07) is 4.67. The fourth-order valence-corrected chi connectivity index (χ4v) is 2.56. The van der Waals surface area contributed by atoms with Gasteiger partial charge in [-0.05, 0) is 12.1 Å². The number of carbonyl (C=O) groups is 1. The maximum absolute atomic E-state index is 12.4. The van der Waals surface area contributed by atoms with Crippen molar-refractivity contribution in [2.45, 2.75) is 6.04 Å². The molecule has 2 rings (SSSR count). The Morgan fingerprint density at radius 1 is 1.63 bits per heavy atom. The van der Waals surface area contributed by atoms with Crippen molar-refractivity contribution in [1.82, 2.24) is 4.90 Å². The van der Waals surface area contributed by atoms with E-state index in [2.05, 4.69) is 15.9 Å². The van der Waals surface area contributed by atoms with E-state index in [1.165, 1.54) is 13.2 Å². The summed E-state index contributed by atoms with van der Waals surface area (Å²) < 4.78 is 10.4. The lowest BCUT2D eigenvalue weighted by molar-refractivity contribution is 0.00510. The van der Waals surface area contributed by atoms with Crippen molar-refractivity contribution in [3.8, 4) is 11.5 Å². The van der Waals surface area contributed by atoms with Crippen LogP contribution in [0.4, 0.5) is 0 Å². The minimum atomic E-state index is -0.187. The van der Waals surface area contributed by atoms with Crippen molar-refractivity contribution >= 4 is 21.8 Å². The van der Waals surface area contributed by atoms with Crippen LogP contribution in [0.3, 0.4) is 0 Å². The van der Waals surface area contributed by atoms with Crippen LogP contribution in [0.2, 0.25) is 0 Å². The molecule has 1 aromatic rings. The van der Waals surface area contributed by atoms with E-state index >= 15 is 0 Å². The van der Waals surface area contributed by atoms with Crippen LogP contribution in [-0.2, 0) is 4.74 Å². The number of halogens is 1. The topological polar surface area (TPSA) is 59.0 Å². The van der Waals surface area contributed by atoms with Crippen LogP contribution < -0.4 is 4.74 Å². The van der Waals surface area contributed by atoms with E-state index in [1.807, 2.05) is 0 Å². The highest BCUT2D eigenvalue weighted by molar-refractivity contribution is 9.09. The number of benzene rings is 1. The smallest absolute Gasteiger partial charge is 0.258 e. The first kappa shape index (κ1) is 14.1. The number of hydrogen-bond donors (Lipinski definition) is 1. The first-order valence-corrected chi connectivity index (χ1v) is 7.11. The molecule has 6 heteroatoms. The first-order valence-electron chi connectivity index (χ1n) is 5.99. The molecular weight excluding hydrogens is 314 g/mol. The zero-order chi connectivity index (χ0) is 13.8. The summed E-state index contributed by atoms with van der Waals surface area (Å²) in [6.07, 6.45) is 0. The number of carbonyl (C=O) groups excluding carboxylic acids is 1. The maximum Gasteiger partial charge on any atom is 0.258 e. The second-order valence-corrected chi connectivity index (χ2v) is 4.91. The van der Waals surface area contributed by atoms with E-state index in [9.17, 15) is 9.90 Å². The van der Waals surface area contributed by atoms with Crippen LogP contribution in [0.5, 0.6) is 11.5 Å². The molecule has 1 heterocycles. The second kappa shape index (κ2) is 6.25. The van der Waals surface area contributed by atoms with Gasteiger partial charge in [-0.1, -0.05) is 15.9 Å². The van der Waals surface area contributed by atoms with Crippen LogP contribution in [-0.4, -0.2) is 54.2 Å². The molecule has 5 nitrogen and oxygen atoms in total. The molecule has 0 aliphatic carbocycles.